The monoisotopic (exact) mass is 461 g/mol. The molecule has 2 aromatic carbocycles. The van der Waals surface area contributed by atoms with Gasteiger partial charge in [0.25, 0.3) is 0 Å². The van der Waals surface area contributed by atoms with Crippen LogP contribution >= 0.6 is 11.3 Å². The molecule has 6 heteroatoms. The van der Waals surface area contributed by atoms with E-state index in [2.05, 4.69) is 63.7 Å². The van der Waals surface area contributed by atoms with Crippen molar-refractivity contribution >= 4 is 17.2 Å². The number of carbonyl (C=O) groups excluding carboxylic acids is 1. The zero-order valence-electron chi connectivity index (χ0n) is 19.3. The summed E-state index contributed by atoms with van der Waals surface area (Å²) in [6.45, 7) is 4.83. The van der Waals surface area contributed by atoms with Gasteiger partial charge in [0, 0.05) is 42.1 Å². The van der Waals surface area contributed by atoms with Crippen LogP contribution in [0.2, 0.25) is 0 Å². The third kappa shape index (κ3) is 4.12. The average Bonchev–Trinajstić information content (AvgIpc) is 3.42. The van der Waals surface area contributed by atoms with Crippen LogP contribution in [0.15, 0.2) is 60.8 Å². The summed E-state index contributed by atoms with van der Waals surface area (Å²) >= 11 is 1.78. The van der Waals surface area contributed by atoms with Gasteiger partial charge >= 0.3 is 0 Å². The summed E-state index contributed by atoms with van der Waals surface area (Å²) < 4.78 is 6.11. The van der Waals surface area contributed by atoms with Crippen LogP contribution in [0.1, 0.15) is 48.2 Å². The highest BCUT2D eigenvalue weighted by atomic mass is 32.1. The van der Waals surface area contributed by atoms with E-state index in [1.54, 1.807) is 18.4 Å². The van der Waals surface area contributed by atoms with Crippen molar-refractivity contribution < 1.29 is 9.53 Å². The second kappa shape index (κ2) is 9.37. The number of fused-ring (bicyclic) bond motifs is 2. The van der Waals surface area contributed by atoms with Crippen molar-refractivity contribution in [3.05, 3.63) is 76.8 Å². The molecular formula is C27H31N3O2S. The molecule has 1 aromatic heterocycles. The van der Waals surface area contributed by atoms with Gasteiger partial charge in [-0.1, -0.05) is 61.5 Å². The summed E-state index contributed by atoms with van der Waals surface area (Å²) in [4.78, 5) is 20.8. The Morgan fingerprint density at radius 2 is 1.88 bits per heavy atom. The van der Waals surface area contributed by atoms with Gasteiger partial charge in [0.15, 0.2) is 0 Å². The molecular weight excluding hydrogens is 430 g/mol. The minimum Gasteiger partial charge on any atom is -0.378 e. The first kappa shape index (κ1) is 22.3. The van der Waals surface area contributed by atoms with Crippen molar-refractivity contribution in [3.8, 4) is 10.6 Å². The van der Waals surface area contributed by atoms with Crippen molar-refractivity contribution in [1.82, 2.24) is 15.2 Å². The standard InChI is InChI=1S/C27H31N3O2S/c1-3-23(31)29-24-21-11-7-8-12-22(21)27(25(24)32-2)13-15-30(16-14-27)18-20-17-28-26(33-20)19-9-5-4-6-10-19/h4-12,17,24-25H,3,13-16,18H2,1-2H3,(H,29,31)/t24-,25+/m1/s1. The van der Waals surface area contributed by atoms with E-state index in [-0.39, 0.29) is 23.5 Å². The smallest absolute Gasteiger partial charge is 0.220 e. The Bertz CT molecular complexity index is 1110. The van der Waals surface area contributed by atoms with Crippen LogP contribution in [-0.4, -0.2) is 42.1 Å². The molecule has 1 amide bonds. The van der Waals surface area contributed by atoms with Gasteiger partial charge in [0.1, 0.15) is 5.01 Å². The molecule has 0 saturated carbocycles. The van der Waals surface area contributed by atoms with Crippen LogP contribution in [0.25, 0.3) is 10.6 Å². The number of likely N-dealkylation sites (tertiary alicyclic amines) is 1. The number of hydrogen-bond donors (Lipinski definition) is 1. The Morgan fingerprint density at radius 3 is 2.61 bits per heavy atom. The second-order valence-corrected chi connectivity index (χ2v) is 10.2. The average molecular weight is 462 g/mol. The first-order chi connectivity index (χ1) is 16.1. The summed E-state index contributed by atoms with van der Waals surface area (Å²) in [7, 11) is 1.79. The van der Waals surface area contributed by atoms with Crippen molar-refractivity contribution in [2.45, 2.75) is 50.3 Å². The van der Waals surface area contributed by atoms with Crippen molar-refractivity contribution in [2.24, 2.45) is 0 Å². The van der Waals surface area contributed by atoms with Gasteiger partial charge in [0.05, 0.1) is 12.1 Å². The first-order valence-electron chi connectivity index (χ1n) is 11.8. The maximum Gasteiger partial charge on any atom is 0.220 e. The Hall–Kier alpha value is -2.54. The molecule has 33 heavy (non-hydrogen) atoms. The molecule has 3 aromatic rings. The number of methoxy groups -OCH3 is 1. The number of ether oxygens (including phenoxy) is 1. The van der Waals surface area contributed by atoms with Gasteiger partial charge in [-0.2, -0.15) is 0 Å². The SMILES string of the molecule is CCC(=O)N[C@@H]1c2ccccc2C2(CCN(Cc3cnc(-c4ccccc4)s3)CC2)[C@H]1OC. The number of hydrogen-bond acceptors (Lipinski definition) is 5. The highest BCUT2D eigenvalue weighted by molar-refractivity contribution is 7.15. The van der Waals surface area contributed by atoms with Gasteiger partial charge in [-0.3, -0.25) is 9.69 Å². The van der Waals surface area contributed by atoms with Gasteiger partial charge in [-0.25, -0.2) is 4.98 Å². The fraction of sp³-hybridized carbons (Fsp3) is 0.407. The fourth-order valence-corrected chi connectivity index (χ4v) is 6.59. The van der Waals surface area contributed by atoms with E-state index < -0.39 is 0 Å². The molecule has 172 valence electrons. The number of nitrogens with one attached hydrogen (secondary N) is 1. The summed E-state index contributed by atoms with van der Waals surface area (Å²) in [6, 6.07) is 18.9. The van der Waals surface area contributed by atoms with E-state index in [1.165, 1.54) is 21.6 Å². The van der Waals surface area contributed by atoms with Gasteiger partial charge in [-0.15, -0.1) is 11.3 Å². The van der Waals surface area contributed by atoms with Crippen LogP contribution in [0, 0.1) is 0 Å². The maximum atomic E-state index is 12.3. The number of nitrogens with zero attached hydrogens (tertiary/aromatic N) is 2. The molecule has 1 N–H and O–H groups in total. The minimum atomic E-state index is -0.0832. The highest BCUT2D eigenvalue weighted by Gasteiger charge is 2.53. The minimum absolute atomic E-state index is 0.0411. The molecule has 1 aliphatic carbocycles. The first-order valence-corrected chi connectivity index (χ1v) is 12.6. The van der Waals surface area contributed by atoms with E-state index in [0.29, 0.717) is 6.42 Å². The van der Waals surface area contributed by atoms with Gasteiger partial charge < -0.3 is 10.1 Å². The molecule has 0 unspecified atom stereocenters. The molecule has 2 aliphatic rings. The summed E-state index contributed by atoms with van der Waals surface area (Å²) in [5.41, 5.74) is 3.69. The Kier molecular flexibility index (Phi) is 6.32. The van der Waals surface area contributed by atoms with Gasteiger partial charge in [0.2, 0.25) is 5.91 Å². The van der Waals surface area contributed by atoms with Crippen LogP contribution in [-0.2, 0) is 21.5 Å². The second-order valence-electron chi connectivity index (χ2n) is 9.07. The lowest BCUT2D eigenvalue weighted by atomic mass is 9.72. The van der Waals surface area contributed by atoms with Crippen LogP contribution < -0.4 is 5.32 Å². The zero-order chi connectivity index (χ0) is 22.8. The number of carbonyl (C=O) groups is 1. The molecule has 5 nitrogen and oxygen atoms in total. The topological polar surface area (TPSA) is 54.5 Å². The van der Waals surface area contributed by atoms with E-state index in [9.17, 15) is 4.79 Å². The lowest BCUT2D eigenvalue weighted by Crippen LogP contribution is -2.50. The molecule has 5 rings (SSSR count). The molecule has 1 aliphatic heterocycles. The fourth-order valence-electron chi connectivity index (χ4n) is 5.63. The van der Waals surface area contributed by atoms with Crippen molar-refractivity contribution in [2.75, 3.05) is 20.2 Å². The van der Waals surface area contributed by atoms with Crippen LogP contribution in [0.4, 0.5) is 0 Å². The lowest BCUT2D eigenvalue weighted by Gasteiger charge is -2.44. The summed E-state index contributed by atoms with van der Waals surface area (Å²) in [5.74, 6) is 0.0748. The van der Waals surface area contributed by atoms with Crippen LogP contribution in [0.3, 0.4) is 0 Å². The van der Waals surface area contributed by atoms with Crippen molar-refractivity contribution in [1.29, 1.82) is 0 Å². The van der Waals surface area contributed by atoms with Gasteiger partial charge in [-0.05, 0) is 37.1 Å². The number of benzene rings is 2. The Morgan fingerprint density at radius 1 is 1.15 bits per heavy atom. The third-order valence-electron chi connectivity index (χ3n) is 7.27. The predicted octanol–water partition coefficient (Wildman–Crippen LogP) is 4.94. The van der Waals surface area contributed by atoms with Crippen molar-refractivity contribution in [3.63, 3.8) is 0 Å². The quantitative estimate of drug-likeness (QED) is 0.565. The Labute approximate surface area is 199 Å². The maximum absolute atomic E-state index is 12.3. The summed E-state index contributed by atoms with van der Waals surface area (Å²) in [6.07, 6.45) is 4.50. The van der Waals surface area contributed by atoms with Crippen LogP contribution in [0.5, 0.6) is 0 Å². The third-order valence-corrected chi connectivity index (χ3v) is 8.30. The predicted molar refractivity (Wildman–Crippen MR) is 132 cm³/mol. The van der Waals surface area contributed by atoms with E-state index in [1.807, 2.05) is 19.2 Å². The number of thiazole rings is 1. The Balaban J connectivity index is 1.32. The largest absolute Gasteiger partial charge is 0.378 e. The number of piperidine rings is 1. The molecule has 1 spiro atoms. The number of aromatic nitrogens is 1. The lowest BCUT2D eigenvalue weighted by molar-refractivity contribution is -0.123. The molecule has 1 saturated heterocycles. The normalized spacial score (nSPS) is 21.8. The van der Waals surface area contributed by atoms with E-state index in [4.69, 9.17) is 4.74 Å². The molecule has 2 heterocycles. The summed E-state index contributed by atoms with van der Waals surface area (Å²) in [5, 5.41) is 4.32. The number of amides is 1. The van der Waals surface area contributed by atoms with E-state index in [0.717, 1.165) is 37.5 Å². The molecule has 1 fully saturated rings. The molecule has 0 bridgehead atoms. The number of rotatable bonds is 6. The zero-order valence-corrected chi connectivity index (χ0v) is 20.1. The highest BCUT2D eigenvalue weighted by Crippen LogP contribution is 2.52. The van der Waals surface area contributed by atoms with E-state index >= 15 is 0 Å². The molecule has 2 atom stereocenters. The molecule has 0 radical (unpaired) electrons.